The average molecular weight is 316 g/mol. The standard InChI is InChI=1S/C18H24N2O3/c1-5-15(16-10-7-11-22-16)19-13-8-6-9-14(12-13)20-17(21)23-18(2,3)4/h6-12,15,19H,5H2,1-4H3,(H,20,21). The fourth-order valence-electron chi connectivity index (χ4n) is 2.17. The number of benzene rings is 1. The minimum atomic E-state index is -0.521. The summed E-state index contributed by atoms with van der Waals surface area (Å²) in [6, 6.07) is 11.4. The first-order valence-corrected chi connectivity index (χ1v) is 7.77. The topological polar surface area (TPSA) is 63.5 Å². The minimum absolute atomic E-state index is 0.0850. The summed E-state index contributed by atoms with van der Waals surface area (Å²) < 4.78 is 10.7. The highest BCUT2D eigenvalue weighted by Gasteiger charge is 2.16. The van der Waals surface area contributed by atoms with Gasteiger partial charge in [0, 0.05) is 11.4 Å². The summed E-state index contributed by atoms with van der Waals surface area (Å²) in [6.45, 7) is 7.59. The van der Waals surface area contributed by atoms with Crippen LogP contribution in [0, 0.1) is 0 Å². The second-order valence-electron chi connectivity index (χ2n) is 6.33. The molecule has 5 heteroatoms. The molecule has 1 unspecified atom stereocenters. The zero-order valence-electron chi connectivity index (χ0n) is 14.1. The van der Waals surface area contributed by atoms with Crippen LogP contribution < -0.4 is 10.6 Å². The summed E-state index contributed by atoms with van der Waals surface area (Å²) in [6.07, 6.45) is 2.09. The van der Waals surface area contributed by atoms with E-state index in [1.165, 1.54) is 0 Å². The van der Waals surface area contributed by atoms with E-state index < -0.39 is 11.7 Å². The van der Waals surface area contributed by atoms with Crippen molar-refractivity contribution in [1.29, 1.82) is 0 Å². The third-order valence-electron chi connectivity index (χ3n) is 3.14. The number of hydrogen-bond donors (Lipinski definition) is 2. The second kappa shape index (κ2) is 7.22. The van der Waals surface area contributed by atoms with Crippen LogP contribution in [0.15, 0.2) is 47.1 Å². The van der Waals surface area contributed by atoms with Crippen LogP contribution in [0.5, 0.6) is 0 Å². The number of carbonyl (C=O) groups is 1. The van der Waals surface area contributed by atoms with Gasteiger partial charge < -0.3 is 14.5 Å². The molecule has 5 nitrogen and oxygen atoms in total. The predicted octanol–water partition coefficient (Wildman–Crippen LogP) is 5.19. The van der Waals surface area contributed by atoms with Gasteiger partial charge in [-0.2, -0.15) is 0 Å². The van der Waals surface area contributed by atoms with Gasteiger partial charge >= 0.3 is 6.09 Å². The first-order valence-electron chi connectivity index (χ1n) is 7.77. The molecule has 1 aromatic carbocycles. The lowest BCUT2D eigenvalue weighted by molar-refractivity contribution is 0.0636. The molecule has 0 bridgehead atoms. The Labute approximate surface area is 137 Å². The van der Waals surface area contributed by atoms with Gasteiger partial charge in [0.25, 0.3) is 0 Å². The molecule has 1 aromatic heterocycles. The summed E-state index contributed by atoms with van der Waals surface area (Å²) in [4.78, 5) is 11.8. The summed E-state index contributed by atoms with van der Waals surface area (Å²) in [7, 11) is 0. The van der Waals surface area contributed by atoms with Crippen molar-refractivity contribution < 1.29 is 13.9 Å². The lowest BCUT2D eigenvalue weighted by Gasteiger charge is -2.20. The Hall–Kier alpha value is -2.43. The van der Waals surface area contributed by atoms with Crippen molar-refractivity contribution in [3.8, 4) is 0 Å². The van der Waals surface area contributed by atoms with Gasteiger partial charge in [-0.15, -0.1) is 0 Å². The van der Waals surface area contributed by atoms with Crippen LogP contribution in [-0.4, -0.2) is 11.7 Å². The smallest absolute Gasteiger partial charge is 0.412 e. The average Bonchev–Trinajstić information content (AvgIpc) is 2.97. The number of amides is 1. The molecule has 0 aliphatic rings. The Morgan fingerprint density at radius 1 is 1.22 bits per heavy atom. The van der Waals surface area contributed by atoms with Crippen molar-refractivity contribution in [2.24, 2.45) is 0 Å². The molecular formula is C18H24N2O3. The monoisotopic (exact) mass is 316 g/mol. The van der Waals surface area contributed by atoms with Crippen LogP contribution in [0.25, 0.3) is 0 Å². The highest BCUT2D eigenvalue weighted by Crippen LogP contribution is 2.24. The quantitative estimate of drug-likeness (QED) is 0.796. The van der Waals surface area contributed by atoms with Crippen LogP contribution in [0.2, 0.25) is 0 Å². The molecule has 0 saturated carbocycles. The van der Waals surface area contributed by atoms with Crippen LogP contribution in [-0.2, 0) is 4.74 Å². The molecule has 0 radical (unpaired) electrons. The molecule has 23 heavy (non-hydrogen) atoms. The van der Waals surface area contributed by atoms with Crippen molar-refractivity contribution in [3.05, 3.63) is 48.4 Å². The number of ether oxygens (including phenoxy) is 1. The van der Waals surface area contributed by atoms with Gasteiger partial charge in [-0.05, 0) is 57.5 Å². The minimum Gasteiger partial charge on any atom is -0.467 e. The van der Waals surface area contributed by atoms with Crippen molar-refractivity contribution in [2.75, 3.05) is 10.6 Å². The van der Waals surface area contributed by atoms with E-state index >= 15 is 0 Å². The first kappa shape index (κ1) is 16.9. The van der Waals surface area contributed by atoms with E-state index in [0.717, 1.165) is 17.9 Å². The summed E-state index contributed by atoms with van der Waals surface area (Å²) in [5.41, 5.74) is 1.06. The maximum absolute atomic E-state index is 11.8. The lowest BCUT2D eigenvalue weighted by Crippen LogP contribution is -2.27. The third kappa shape index (κ3) is 5.36. The van der Waals surface area contributed by atoms with Crippen LogP contribution in [0.4, 0.5) is 16.2 Å². The van der Waals surface area contributed by atoms with Gasteiger partial charge in [0.05, 0.1) is 12.3 Å². The lowest BCUT2D eigenvalue weighted by atomic mass is 10.1. The van der Waals surface area contributed by atoms with E-state index in [0.29, 0.717) is 5.69 Å². The normalized spacial score (nSPS) is 12.5. The molecule has 0 spiro atoms. The Kier molecular flexibility index (Phi) is 5.32. The zero-order chi connectivity index (χ0) is 16.9. The molecule has 1 atom stereocenters. The number of carbonyl (C=O) groups excluding carboxylic acids is 1. The van der Waals surface area contributed by atoms with Gasteiger partial charge in [0.2, 0.25) is 0 Å². The maximum atomic E-state index is 11.8. The molecule has 0 aliphatic carbocycles. The molecule has 0 fully saturated rings. The molecule has 0 saturated heterocycles. The Bertz CT molecular complexity index is 630. The number of hydrogen-bond acceptors (Lipinski definition) is 4. The Morgan fingerprint density at radius 3 is 2.57 bits per heavy atom. The van der Waals surface area contributed by atoms with Crippen LogP contribution in [0.1, 0.15) is 45.9 Å². The first-order chi connectivity index (χ1) is 10.9. The molecule has 0 aliphatic heterocycles. The van der Waals surface area contributed by atoms with Gasteiger partial charge in [-0.25, -0.2) is 4.79 Å². The largest absolute Gasteiger partial charge is 0.467 e. The number of furan rings is 1. The van der Waals surface area contributed by atoms with Crippen LogP contribution >= 0.6 is 0 Å². The maximum Gasteiger partial charge on any atom is 0.412 e. The molecule has 2 rings (SSSR count). The van der Waals surface area contributed by atoms with Crippen molar-refractivity contribution in [1.82, 2.24) is 0 Å². The van der Waals surface area contributed by atoms with Crippen molar-refractivity contribution in [3.63, 3.8) is 0 Å². The number of rotatable bonds is 5. The van der Waals surface area contributed by atoms with E-state index in [9.17, 15) is 4.79 Å². The zero-order valence-corrected chi connectivity index (χ0v) is 14.1. The van der Waals surface area contributed by atoms with Gasteiger partial charge in [-0.1, -0.05) is 13.0 Å². The molecule has 1 heterocycles. The van der Waals surface area contributed by atoms with Crippen LogP contribution in [0.3, 0.4) is 0 Å². The number of nitrogens with one attached hydrogen (secondary N) is 2. The molecule has 124 valence electrons. The Balaban J connectivity index is 2.03. The SMILES string of the molecule is CCC(Nc1cccc(NC(=O)OC(C)(C)C)c1)c1ccco1. The van der Waals surface area contributed by atoms with E-state index in [1.807, 2.05) is 57.2 Å². The van der Waals surface area contributed by atoms with Gasteiger partial charge in [-0.3, -0.25) is 5.32 Å². The third-order valence-corrected chi connectivity index (χ3v) is 3.14. The van der Waals surface area contributed by atoms with E-state index in [1.54, 1.807) is 6.26 Å². The summed E-state index contributed by atoms with van der Waals surface area (Å²) >= 11 is 0. The Morgan fingerprint density at radius 2 is 1.96 bits per heavy atom. The van der Waals surface area contributed by atoms with E-state index in [2.05, 4.69) is 17.6 Å². The van der Waals surface area contributed by atoms with Gasteiger partial charge in [0.15, 0.2) is 0 Å². The van der Waals surface area contributed by atoms with Crippen molar-refractivity contribution in [2.45, 2.75) is 45.8 Å². The fraction of sp³-hybridized carbons (Fsp3) is 0.389. The molecule has 2 N–H and O–H groups in total. The summed E-state index contributed by atoms with van der Waals surface area (Å²) in [5.74, 6) is 0.887. The van der Waals surface area contributed by atoms with E-state index in [-0.39, 0.29) is 6.04 Å². The second-order valence-corrected chi connectivity index (χ2v) is 6.33. The fourth-order valence-corrected chi connectivity index (χ4v) is 2.17. The highest BCUT2D eigenvalue weighted by atomic mass is 16.6. The molecular weight excluding hydrogens is 292 g/mol. The molecule has 2 aromatic rings. The van der Waals surface area contributed by atoms with Gasteiger partial charge in [0.1, 0.15) is 11.4 Å². The van der Waals surface area contributed by atoms with E-state index in [4.69, 9.17) is 9.15 Å². The number of anilines is 2. The predicted molar refractivity (Wildman–Crippen MR) is 91.7 cm³/mol. The summed E-state index contributed by atoms with van der Waals surface area (Å²) in [5, 5.41) is 6.15. The highest BCUT2D eigenvalue weighted by molar-refractivity contribution is 5.85. The molecule has 1 amide bonds. The van der Waals surface area contributed by atoms with Crippen molar-refractivity contribution >= 4 is 17.5 Å².